The van der Waals surface area contributed by atoms with Gasteiger partial charge in [0.1, 0.15) is 8.07 Å². The van der Waals surface area contributed by atoms with E-state index in [4.69, 9.17) is 4.74 Å². The molecule has 0 aliphatic carbocycles. The first kappa shape index (κ1) is 16.0. The SMILES string of the molecule is CCO[C@H](c1ccccc1)C(C)(C)C#C[Si](C)(C)C. The fourth-order valence-corrected chi connectivity index (χ4v) is 2.63. The molecule has 0 spiro atoms. The van der Waals surface area contributed by atoms with E-state index in [1.54, 1.807) is 0 Å². The molecule has 0 unspecified atom stereocenters. The van der Waals surface area contributed by atoms with Crippen molar-refractivity contribution in [1.29, 1.82) is 0 Å². The Balaban J connectivity index is 3.07. The monoisotopic (exact) mass is 274 g/mol. The van der Waals surface area contributed by atoms with E-state index in [9.17, 15) is 0 Å². The molecule has 0 fully saturated rings. The fourth-order valence-electron chi connectivity index (χ4n) is 1.93. The van der Waals surface area contributed by atoms with Crippen molar-refractivity contribution in [2.45, 2.75) is 46.5 Å². The van der Waals surface area contributed by atoms with Gasteiger partial charge in [0.05, 0.1) is 11.5 Å². The second kappa shape index (κ2) is 6.41. The molecule has 1 nitrogen and oxygen atoms in total. The summed E-state index contributed by atoms with van der Waals surface area (Å²) in [5.74, 6) is 3.47. The Morgan fingerprint density at radius 2 is 1.74 bits per heavy atom. The average Bonchev–Trinajstić information content (AvgIpc) is 2.34. The van der Waals surface area contributed by atoms with Crippen LogP contribution >= 0.6 is 0 Å². The molecule has 1 rings (SSSR count). The minimum Gasteiger partial charge on any atom is -0.372 e. The van der Waals surface area contributed by atoms with Crippen molar-refractivity contribution in [1.82, 2.24) is 0 Å². The minimum atomic E-state index is -1.35. The van der Waals surface area contributed by atoms with Gasteiger partial charge in [-0.2, -0.15) is 0 Å². The van der Waals surface area contributed by atoms with Crippen LogP contribution < -0.4 is 0 Å². The Bertz CT molecular complexity index is 446. The summed E-state index contributed by atoms with van der Waals surface area (Å²) in [4.78, 5) is 0. The lowest BCUT2D eigenvalue weighted by atomic mass is 9.83. The Hall–Kier alpha value is -1.04. The van der Waals surface area contributed by atoms with Gasteiger partial charge in [-0.25, -0.2) is 0 Å². The molecule has 2 heteroatoms. The molecule has 0 N–H and O–H groups in total. The van der Waals surface area contributed by atoms with Crippen LogP contribution in [0.25, 0.3) is 0 Å². The van der Waals surface area contributed by atoms with Crippen molar-refractivity contribution in [3.8, 4) is 11.5 Å². The number of hydrogen-bond donors (Lipinski definition) is 0. The van der Waals surface area contributed by atoms with Gasteiger partial charge in [-0.15, -0.1) is 11.5 Å². The van der Waals surface area contributed by atoms with Crippen LogP contribution in [0.15, 0.2) is 30.3 Å². The van der Waals surface area contributed by atoms with Crippen molar-refractivity contribution >= 4 is 8.07 Å². The van der Waals surface area contributed by atoms with Crippen molar-refractivity contribution in [3.05, 3.63) is 35.9 Å². The van der Waals surface area contributed by atoms with Gasteiger partial charge < -0.3 is 4.74 Å². The number of rotatable bonds is 4. The van der Waals surface area contributed by atoms with Gasteiger partial charge in [0.25, 0.3) is 0 Å². The summed E-state index contributed by atoms with van der Waals surface area (Å²) >= 11 is 0. The summed E-state index contributed by atoms with van der Waals surface area (Å²) in [6.45, 7) is 13.9. The predicted octanol–water partition coefficient (Wildman–Crippen LogP) is 4.67. The Labute approximate surface area is 119 Å². The second-order valence-electron chi connectivity index (χ2n) is 6.47. The smallest absolute Gasteiger partial charge is 0.129 e. The lowest BCUT2D eigenvalue weighted by molar-refractivity contribution is 0.00369. The maximum atomic E-state index is 5.97. The third-order valence-corrected chi connectivity index (χ3v) is 3.73. The highest BCUT2D eigenvalue weighted by molar-refractivity contribution is 6.83. The topological polar surface area (TPSA) is 9.23 Å². The molecule has 0 aromatic heterocycles. The molecular formula is C17H26OSi. The fraction of sp³-hybridized carbons (Fsp3) is 0.529. The average molecular weight is 274 g/mol. The molecular weight excluding hydrogens is 248 g/mol. The van der Waals surface area contributed by atoms with E-state index in [-0.39, 0.29) is 11.5 Å². The largest absolute Gasteiger partial charge is 0.372 e. The summed E-state index contributed by atoms with van der Waals surface area (Å²) in [6.07, 6.45) is 0.0301. The molecule has 0 aliphatic rings. The molecule has 0 saturated carbocycles. The van der Waals surface area contributed by atoms with E-state index in [0.717, 1.165) is 0 Å². The van der Waals surface area contributed by atoms with Gasteiger partial charge in [0.15, 0.2) is 0 Å². The number of hydrogen-bond acceptors (Lipinski definition) is 1. The Morgan fingerprint density at radius 1 is 1.16 bits per heavy atom. The van der Waals surface area contributed by atoms with Gasteiger partial charge in [0.2, 0.25) is 0 Å². The third-order valence-electron chi connectivity index (χ3n) is 2.85. The maximum absolute atomic E-state index is 5.97. The first-order valence-electron chi connectivity index (χ1n) is 6.97. The quantitative estimate of drug-likeness (QED) is 0.572. The molecule has 0 aliphatic heterocycles. The maximum Gasteiger partial charge on any atom is 0.129 e. The zero-order valence-corrected chi connectivity index (χ0v) is 14.1. The van der Waals surface area contributed by atoms with E-state index in [1.807, 2.05) is 13.0 Å². The van der Waals surface area contributed by atoms with Crippen molar-refractivity contribution in [3.63, 3.8) is 0 Å². The lowest BCUT2D eigenvalue weighted by Crippen LogP contribution is -2.25. The summed E-state index contributed by atoms with van der Waals surface area (Å²) in [7, 11) is -1.35. The molecule has 0 radical (unpaired) electrons. The van der Waals surface area contributed by atoms with E-state index >= 15 is 0 Å². The standard InChI is InChI=1S/C17H26OSi/c1-7-18-16(15-11-9-8-10-12-15)17(2,3)13-14-19(4,5)6/h8-12,16H,7H2,1-6H3/t16-/m1/s1. The molecule has 1 aromatic rings. The van der Waals surface area contributed by atoms with Crippen LogP contribution in [0, 0.1) is 16.9 Å². The number of benzene rings is 1. The second-order valence-corrected chi connectivity index (χ2v) is 11.2. The molecule has 0 amide bonds. The van der Waals surface area contributed by atoms with Crippen molar-refractivity contribution in [2.24, 2.45) is 5.41 Å². The van der Waals surface area contributed by atoms with Crippen LogP contribution in [0.5, 0.6) is 0 Å². The first-order valence-corrected chi connectivity index (χ1v) is 10.5. The van der Waals surface area contributed by atoms with Crippen LogP contribution in [-0.2, 0) is 4.74 Å². The van der Waals surface area contributed by atoms with Gasteiger partial charge in [-0.3, -0.25) is 0 Å². The van der Waals surface area contributed by atoms with Crippen LogP contribution in [0.3, 0.4) is 0 Å². The highest BCUT2D eigenvalue weighted by Gasteiger charge is 2.30. The molecule has 19 heavy (non-hydrogen) atoms. The van der Waals surface area contributed by atoms with Gasteiger partial charge in [-0.05, 0) is 26.3 Å². The molecule has 1 aromatic carbocycles. The molecule has 0 saturated heterocycles. The van der Waals surface area contributed by atoms with Crippen LogP contribution in [0.2, 0.25) is 19.6 Å². The summed E-state index contributed by atoms with van der Waals surface area (Å²) in [5.41, 5.74) is 4.52. The van der Waals surface area contributed by atoms with Crippen LogP contribution in [0.1, 0.15) is 32.4 Å². The van der Waals surface area contributed by atoms with E-state index in [0.29, 0.717) is 6.61 Å². The predicted molar refractivity (Wildman–Crippen MR) is 85.7 cm³/mol. The van der Waals surface area contributed by atoms with Crippen molar-refractivity contribution < 1.29 is 4.74 Å². The normalized spacial score (nSPS) is 13.6. The van der Waals surface area contributed by atoms with E-state index in [1.165, 1.54) is 5.56 Å². The van der Waals surface area contributed by atoms with Crippen LogP contribution in [-0.4, -0.2) is 14.7 Å². The van der Waals surface area contributed by atoms with Gasteiger partial charge in [-0.1, -0.05) is 50.0 Å². The lowest BCUT2D eigenvalue weighted by Gasteiger charge is -2.30. The molecule has 0 bridgehead atoms. The summed E-state index contributed by atoms with van der Waals surface area (Å²) in [5, 5.41) is 0. The molecule has 104 valence electrons. The zero-order chi connectivity index (χ0) is 14.5. The van der Waals surface area contributed by atoms with Crippen LogP contribution in [0.4, 0.5) is 0 Å². The highest BCUT2D eigenvalue weighted by Crippen LogP contribution is 2.36. The minimum absolute atomic E-state index is 0.0301. The van der Waals surface area contributed by atoms with Gasteiger partial charge in [0, 0.05) is 6.61 Å². The first-order chi connectivity index (χ1) is 8.76. The summed E-state index contributed by atoms with van der Waals surface area (Å²) < 4.78 is 5.97. The highest BCUT2D eigenvalue weighted by atomic mass is 28.3. The Morgan fingerprint density at radius 3 is 2.21 bits per heavy atom. The Kier molecular flexibility index (Phi) is 5.40. The third kappa shape index (κ3) is 5.22. The van der Waals surface area contributed by atoms with E-state index in [2.05, 4.69) is 69.2 Å². The van der Waals surface area contributed by atoms with Crippen molar-refractivity contribution in [2.75, 3.05) is 6.61 Å². The van der Waals surface area contributed by atoms with Gasteiger partial charge >= 0.3 is 0 Å². The molecule has 0 heterocycles. The zero-order valence-electron chi connectivity index (χ0n) is 13.1. The summed E-state index contributed by atoms with van der Waals surface area (Å²) in [6, 6.07) is 10.4. The molecule has 1 atom stereocenters. The van der Waals surface area contributed by atoms with E-state index < -0.39 is 8.07 Å². The number of ether oxygens (including phenoxy) is 1.